The van der Waals surface area contributed by atoms with E-state index in [4.69, 9.17) is 38.4 Å². The van der Waals surface area contributed by atoms with E-state index in [1.807, 2.05) is 17.7 Å². The molecular weight excluding hydrogens is 477 g/mol. The van der Waals surface area contributed by atoms with Gasteiger partial charge in [-0.15, -0.1) is 16.1 Å². The maximum absolute atomic E-state index is 10.6. The van der Waals surface area contributed by atoms with E-state index in [1.54, 1.807) is 6.07 Å². The Bertz CT molecular complexity index is 1350. The summed E-state index contributed by atoms with van der Waals surface area (Å²) >= 11 is 12.9. The number of ether oxygens (including phenoxy) is 2. The highest BCUT2D eigenvalue weighted by molar-refractivity contribution is 6.38. The van der Waals surface area contributed by atoms with Crippen LogP contribution in [0.2, 0.25) is 10.0 Å². The largest absolute Gasteiger partial charge is 0.495 e. The monoisotopic (exact) mass is 499 g/mol. The van der Waals surface area contributed by atoms with E-state index in [-0.39, 0.29) is 27.8 Å². The Morgan fingerprint density at radius 3 is 2.53 bits per heavy atom. The van der Waals surface area contributed by atoms with E-state index >= 15 is 0 Å². The van der Waals surface area contributed by atoms with E-state index in [1.165, 1.54) is 14.2 Å². The molecule has 1 saturated heterocycles. The van der Waals surface area contributed by atoms with Gasteiger partial charge in [-0.3, -0.25) is 4.90 Å². The van der Waals surface area contributed by atoms with Crippen molar-refractivity contribution in [1.82, 2.24) is 19.7 Å². The fourth-order valence-electron chi connectivity index (χ4n) is 4.09. The quantitative estimate of drug-likeness (QED) is 0.527. The number of anilines is 1. The number of benzene rings is 1. The van der Waals surface area contributed by atoms with Crippen molar-refractivity contribution in [2.75, 3.05) is 39.6 Å². The van der Waals surface area contributed by atoms with Crippen LogP contribution in [0, 0.1) is 23.7 Å². The zero-order valence-electron chi connectivity index (χ0n) is 18.9. The number of hydrogen-bond acceptors (Lipinski definition) is 7. The standard InChI is InChI=1S/C24H23Cl2N5O3/c1-4-5-9-30-10-8-15(13-30)31-12-14(19-22(31)24(32)29-28-23(19)27)6-7-16-20(25)17(33-2)11-18(34-3)21(16)26/h11-12,15H,8-10,13H2,1-3H3,(H2,27,28)(H,29,32)/t15-/m0/s1. The van der Waals surface area contributed by atoms with Crippen LogP contribution in [0.3, 0.4) is 0 Å². The van der Waals surface area contributed by atoms with E-state index in [2.05, 4.69) is 38.8 Å². The Labute approximate surface area is 207 Å². The molecule has 4 rings (SSSR count). The van der Waals surface area contributed by atoms with Crippen molar-refractivity contribution in [1.29, 1.82) is 0 Å². The van der Waals surface area contributed by atoms with Crippen LogP contribution in [-0.2, 0) is 0 Å². The zero-order chi connectivity index (χ0) is 24.4. The predicted octanol–water partition coefficient (Wildman–Crippen LogP) is 3.71. The van der Waals surface area contributed by atoms with Crippen molar-refractivity contribution in [3.05, 3.63) is 33.4 Å². The second-order valence-electron chi connectivity index (χ2n) is 7.72. The molecule has 10 heteroatoms. The first-order valence-corrected chi connectivity index (χ1v) is 11.2. The number of nitrogen functional groups attached to an aromatic ring is 1. The lowest BCUT2D eigenvalue weighted by molar-refractivity contribution is 0.363. The van der Waals surface area contributed by atoms with Crippen molar-refractivity contribution in [3.8, 4) is 41.1 Å². The van der Waals surface area contributed by atoms with Crippen LogP contribution in [0.15, 0.2) is 12.3 Å². The molecule has 8 nitrogen and oxygen atoms in total. The molecule has 0 saturated carbocycles. The number of aromatic nitrogens is 3. The second-order valence-corrected chi connectivity index (χ2v) is 8.48. The molecule has 0 spiro atoms. The molecule has 1 aliphatic rings. The molecule has 176 valence electrons. The number of nitrogens with zero attached hydrogens (tertiary/aromatic N) is 4. The van der Waals surface area contributed by atoms with Gasteiger partial charge < -0.3 is 24.9 Å². The molecule has 1 aromatic carbocycles. The molecule has 0 amide bonds. The molecule has 1 aliphatic heterocycles. The van der Waals surface area contributed by atoms with Gasteiger partial charge in [0.05, 0.1) is 47.3 Å². The van der Waals surface area contributed by atoms with Crippen LogP contribution in [0.1, 0.15) is 30.5 Å². The van der Waals surface area contributed by atoms with E-state index in [0.717, 1.165) is 19.5 Å². The minimum Gasteiger partial charge on any atom is -0.495 e. The molecular formula is C24H23Cl2N5O3. The molecule has 0 unspecified atom stereocenters. The lowest BCUT2D eigenvalue weighted by atomic mass is 10.1. The highest BCUT2D eigenvalue weighted by Crippen LogP contribution is 2.40. The number of likely N-dealkylation sites (tertiary alicyclic amines) is 1. The summed E-state index contributed by atoms with van der Waals surface area (Å²) in [5, 5.41) is 19.3. The third-order valence-electron chi connectivity index (χ3n) is 5.77. The topological polar surface area (TPSA) is 98.7 Å². The Morgan fingerprint density at radius 2 is 1.88 bits per heavy atom. The van der Waals surface area contributed by atoms with Gasteiger partial charge in [-0.1, -0.05) is 41.0 Å². The highest BCUT2D eigenvalue weighted by Gasteiger charge is 2.27. The average molecular weight is 500 g/mol. The molecule has 0 aliphatic carbocycles. The highest BCUT2D eigenvalue weighted by atomic mass is 35.5. The Hall–Kier alpha value is -3.30. The van der Waals surface area contributed by atoms with Gasteiger partial charge in [0.25, 0.3) is 5.88 Å². The summed E-state index contributed by atoms with van der Waals surface area (Å²) in [5.41, 5.74) is 7.58. The fourth-order valence-corrected chi connectivity index (χ4v) is 4.69. The van der Waals surface area contributed by atoms with E-state index < -0.39 is 0 Å². The summed E-state index contributed by atoms with van der Waals surface area (Å²) in [4.78, 5) is 2.26. The summed E-state index contributed by atoms with van der Waals surface area (Å²) in [6, 6.07) is 1.69. The van der Waals surface area contributed by atoms with Crippen LogP contribution in [0.4, 0.5) is 5.82 Å². The minimum absolute atomic E-state index is 0.0929. The summed E-state index contributed by atoms with van der Waals surface area (Å²) in [7, 11) is 3.00. The molecule has 34 heavy (non-hydrogen) atoms. The lowest BCUT2D eigenvalue weighted by Gasteiger charge is -2.15. The SMILES string of the molecule is CC#CCN1CC[C@H](n2cc(C#Cc3c(Cl)c(OC)cc(OC)c3Cl)c3c(N)nnc(O)c32)C1. The first-order valence-electron chi connectivity index (χ1n) is 10.5. The Balaban J connectivity index is 1.83. The first-order chi connectivity index (χ1) is 16.4. The van der Waals surface area contributed by atoms with Gasteiger partial charge >= 0.3 is 0 Å². The van der Waals surface area contributed by atoms with Crippen LogP contribution in [0.5, 0.6) is 17.4 Å². The summed E-state index contributed by atoms with van der Waals surface area (Å²) < 4.78 is 12.6. The van der Waals surface area contributed by atoms with Gasteiger partial charge in [0.2, 0.25) is 0 Å². The number of nitrogens with two attached hydrogens (primary N) is 1. The Kier molecular flexibility index (Phi) is 6.95. The lowest BCUT2D eigenvalue weighted by Crippen LogP contribution is -2.21. The normalized spacial score (nSPS) is 15.5. The van der Waals surface area contributed by atoms with E-state index in [0.29, 0.717) is 40.1 Å². The third kappa shape index (κ3) is 4.28. The van der Waals surface area contributed by atoms with Gasteiger partial charge in [-0.05, 0) is 13.3 Å². The van der Waals surface area contributed by atoms with Crippen molar-refractivity contribution in [3.63, 3.8) is 0 Å². The predicted molar refractivity (Wildman–Crippen MR) is 133 cm³/mol. The molecule has 3 aromatic rings. The van der Waals surface area contributed by atoms with Crippen molar-refractivity contribution in [2.45, 2.75) is 19.4 Å². The van der Waals surface area contributed by atoms with Crippen LogP contribution in [0.25, 0.3) is 10.9 Å². The van der Waals surface area contributed by atoms with Crippen molar-refractivity contribution < 1.29 is 14.6 Å². The average Bonchev–Trinajstić information content (AvgIpc) is 3.45. The molecule has 1 atom stereocenters. The van der Waals surface area contributed by atoms with Gasteiger partial charge in [-0.25, -0.2) is 0 Å². The number of rotatable bonds is 4. The van der Waals surface area contributed by atoms with Crippen LogP contribution in [-0.4, -0.2) is 58.6 Å². The number of methoxy groups -OCH3 is 2. The molecule has 1 fully saturated rings. The summed E-state index contributed by atoms with van der Waals surface area (Å²) in [6.07, 6.45) is 2.74. The first kappa shape index (κ1) is 23.8. The van der Waals surface area contributed by atoms with Crippen LogP contribution >= 0.6 is 23.2 Å². The van der Waals surface area contributed by atoms with Crippen molar-refractivity contribution in [2.24, 2.45) is 0 Å². The molecule has 3 heterocycles. The molecule has 0 radical (unpaired) electrons. The minimum atomic E-state index is -0.205. The van der Waals surface area contributed by atoms with Crippen LogP contribution < -0.4 is 15.2 Å². The smallest absolute Gasteiger partial charge is 0.256 e. The second kappa shape index (κ2) is 9.90. The third-order valence-corrected chi connectivity index (χ3v) is 6.52. The number of fused-ring (bicyclic) bond motifs is 1. The molecule has 0 bridgehead atoms. The van der Waals surface area contributed by atoms with Gasteiger partial charge in [-0.2, -0.15) is 0 Å². The van der Waals surface area contributed by atoms with E-state index in [9.17, 15) is 5.11 Å². The zero-order valence-corrected chi connectivity index (χ0v) is 20.5. The van der Waals surface area contributed by atoms with Gasteiger partial charge in [0, 0.05) is 31.4 Å². The van der Waals surface area contributed by atoms with Gasteiger partial charge in [0.1, 0.15) is 17.0 Å². The number of aromatic hydroxyl groups is 1. The molecule has 2 aromatic heterocycles. The molecule has 3 N–H and O–H groups in total. The Morgan fingerprint density at radius 1 is 1.18 bits per heavy atom. The summed E-state index contributed by atoms with van der Waals surface area (Å²) in [5.74, 6) is 12.9. The number of halogens is 2. The van der Waals surface area contributed by atoms with Crippen molar-refractivity contribution >= 4 is 39.9 Å². The van der Waals surface area contributed by atoms with Gasteiger partial charge in [0.15, 0.2) is 5.82 Å². The summed E-state index contributed by atoms with van der Waals surface area (Å²) in [6.45, 7) is 4.19. The maximum Gasteiger partial charge on any atom is 0.256 e. The number of hydrogen-bond donors (Lipinski definition) is 2. The maximum atomic E-state index is 10.6. The fraction of sp³-hybridized carbons (Fsp3) is 0.333.